The van der Waals surface area contributed by atoms with Crippen LogP contribution in [-0.2, 0) is 9.53 Å². The van der Waals surface area contributed by atoms with Crippen LogP contribution >= 0.6 is 0 Å². The zero-order valence-electron chi connectivity index (χ0n) is 8.16. The Hall–Kier alpha value is -0.570. The molecule has 0 unspecified atom stereocenters. The molecule has 0 aromatic rings. The van der Waals surface area contributed by atoms with Crippen molar-refractivity contribution in [2.24, 2.45) is 5.92 Å². The summed E-state index contributed by atoms with van der Waals surface area (Å²) in [6, 6.07) is 0. The van der Waals surface area contributed by atoms with Crippen LogP contribution in [0.25, 0.3) is 0 Å². The molecule has 0 aliphatic heterocycles. The van der Waals surface area contributed by atoms with Crippen molar-refractivity contribution in [3.05, 3.63) is 0 Å². The maximum Gasteiger partial charge on any atom is 0.306 e. The van der Waals surface area contributed by atoms with Gasteiger partial charge in [-0.1, -0.05) is 6.42 Å². The molecule has 1 N–H and O–H groups in total. The number of carbonyl (C=O) groups excluding carboxylic acids is 1. The van der Waals surface area contributed by atoms with E-state index in [2.05, 4.69) is 0 Å². The van der Waals surface area contributed by atoms with Crippen molar-refractivity contribution in [1.29, 1.82) is 0 Å². The van der Waals surface area contributed by atoms with Gasteiger partial charge in [0.05, 0.1) is 12.7 Å². The first-order valence-electron chi connectivity index (χ1n) is 5.06. The fraction of sp³-hybridized carbons (Fsp3) is 0.900. The monoisotopic (exact) mass is 186 g/mol. The number of carbonyl (C=O) groups is 1. The van der Waals surface area contributed by atoms with Crippen molar-refractivity contribution < 1.29 is 14.6 Å². The Morgan fingerprint density at radius 1 is 1.54 bits per heavy atom. The van der Waals surface area contributed by atoms with Crippen molar-refractivity contribution in [2.75, 3.05) is 6.61 Å². The number of hydrogen-bond acceptors (Lipinski definition) is 3. The minimum atomic E-state index is -0.201. The van der Waals surface area contributed by atoms with E-state index in [9.17, 15) is 9.90 Å². The molecule has 13 heavy (non-hydrogen) atoms. The molecule has 0 radical (unpaired) electrons. The second kappa shape index (κ2) is 5.22. The van der Waals surface area contributed by atoms with E-state index in [4.69, 9.17) is 4.74 Å². The van der Waals surface area contributed by atoms with Crippen LogP contribution in [0.5, 0.6) is 0 Å². The predicted molar refractivity (Wildman–Crippen MR) is 49.2 cm³/mol. The van der Waals surface area contributed by atoms with Gasteiger partial charge in [-0.2, -0.15) is 0 Å². The van der Waals surface area contributed by atoms with Gasteiger partial charge in [-0.15, -0.1) is 0 Å². The first-order valence-corrected chi connectivity index (χ1v) is 5.06. The van der Waals surface area contributed by atoms with Crippen molar-refractivity contribution in [2.45, 2.75) is 45.1 Å². The van der Waals surface area contributed by atoms with E-state index in [-0.39, 0.29) is 12.1 Å². The number of rotatable bonds is 3. The second-order valence-electron chi connectivity index (χ2n) is 3.70. The van der Waals surface area contributed by atoms with E-state index in [1.54, 1.807) is 0 Å². The van der Waals surface area contributed by atoms with Crippen LogP contribution in [0.4, 0.5) is 0 Å². The quantitative estimate of drug-likeness (QED) is 0.679. The third-order valence-electron chi connectivity index (χ3n) is 2.52. The third-order valence-corrected chi connectivity index (χ3v) is 2.52. The van der Waals surface area contributed by atoms with Gasteiger partial charge in [-0.05, 0) is 32.1 Å². The van der Waals surface area contributed by atoms with Crippen LogP contribution in [-0.4, -0.2) is 23.8 Å². The summed E-state index contributed by atoms with van der Waals surface area (Å²) in [7, 11) is 0. The first kappa shape index (κ1) is 10.5. The minimum Gasteiger partial charge on any atom is -0.466 e. The number of ether oxygens (including phenoxy) is 1. The Labute approximate surface area is 79.1 Å². The van der Waals surface area contributed by atoms with Crippen molar-refractivity contribution >= 4 is 5.97 Å². The van der Waals surface area contributed by atoms with Gasteiger partial charge >= 0.3 is 5.97 Å². The summed E-state index contributed by atoms with van der Waals surface area (Å²) in [4.78, 5) is 11.1. The van der Waals surface area contributed by atoms with E-state index >= 15 is 0 Å². The maximum atomic E-state index is 11.1. The lowest BCUT2D eigenvalue weighted by atomic mass is 9.85. The summed E-state index contributed by atoms with van der Waals surface area (Å²) in [6.45, 7) is 2.27. The van der Waals surface area contributed by atoms with Gasteiger partial charge in [0.15, 0.2) is 0 Å². The predicted octanol–water partition coefficient (Wildman–Crippen LogP) is 1.49. The van der Waals surface area contributed by atoms with E-state index in [0.717, 1.165) is 25.7 Å². The molecule has 2 atom stereocenters. The maximum absolute atomic E-state index is 11.1. The summed E-state index contributed by atoms with van der Waals surface area (Å²) in [5.41, 5.74) is 0. The molecule has 3 nitrogen and oxygen atoms in total. The average molecular weight is 186 g/mol. The standard InChI is InChI=1S/C10H18O3/c1-2-13-10(12)7-8-4-3-5-9(11)6-8/h8-9,11H,2-7H2,1H3/t8-,9-/m0/s1. The topological polar surface area (TPSA) is 46.5 Å². The van der Waals surface area contributed by atoms with Crippen molar-refractivity contribution in [1.82, 2.24) is 0 Å². The molecule has 0 saturated heterocycles. The van der Waals surface area contributed by atoms with E-state index in [1.807, 2.05) is 6.92 Å². The lowest BCUT2D eigenvalue weighted by Gasteiger charge is -2.24. The molecular weight excluding hydrogens is 168 g/mol. The first-order chi connectivity index (χ1) is 6.22. The number of aliphatic hydroxyl groups excluding tert-OH is 1. The fourth-order valence-corrected chi connectivity index (χ4v) is 1.90. The van der Waals surface area contributed by atoms with E-state index in [1.165, 1.54) is 0 Å². The smallest absolute Gasteiger partial charge is 0.306 e. The Bertz CT molecular complexity index is 168. The molecule has 1 aliphatic rings. The highest BCUT2D eigenvalue weighted by molar-refractivity contribution is 5.69. The molecule has 1 rings (SSSR count). The van der Waals surface area contributed by atoms with E-state index < -0.39 is 0 Å². The van der Waals surface area contributed by atoms with Gasteiger partial charge in [0.25, 0.3) is 0 Å². The van der Waals surface area contributed by atoms with Crippen LogP contribution in [0, 0.1) is 5.92 Å². The summed E-state index contributed by atoms with van der Waals surface area (Å²) >= 11 is 0. The van der Waals surface area contributed by atoms with Crippen molar-refractivity contribution in [3.8, 4) is 0 Å². The SMILES string of the molecule is CCOC(=O)C[C@H]1CCC[C@H](O)C1. The normalized spacial score (nSPS) is 28.5. The Kier molecular flexibility index (Phi) is 4.22. The zero-order valence-corrected chi connectivity index (χ0v) is 8.16. The van der Waals surface area contributed by atoms with Gasteiger partial charge in [-0.25, -0.2) is 0 Å². The fourth-order valence-electron chi connectivity index (χ4n) is 1.90. The van der Waals surface area contributed by atoms with Crippen LogP contribution in [0.1, 0.15) is 39.0 Å². The zero-order chi connectivity index (χ0) is 9.68. The number of aliphatic hydroxyl groups is 1. The van der Waals surface area contributed by atoms with Crippen molar-refractivity contribution in [3.63, 3.8) is 0 Å². The highest BCUT2D eigenvalue weighted by atomic mass is 16.5. The van der Waals surface area contributed by atoms with E-state index in [0.29, 0.717) is 18.9 Å². The van der Waals surface area contributed by atoms with Gasteiger partial charge < -0.3 is 9.84 Å². The van der Waals surface area contributed by atoms with Gasteiger partial charge in [0.2, 0.25) is 0 Å². The van der Waals surface area contributed by atoms with Crippen LogP contribution in [0.15, 0.2) is 0 Å². The molecule has 0 aromatic carbocycles. The number of esters is 1. The van der Waals surface area contributed by atoms with Gasteiger partial charge in [0, 0.05) is 6.42 Å². The van der Waals surface area contributed by atoms with Gasteiger partial charge in [-0.3, -0.25) is 4.79 Å². The minimum absolute atomic E-state index is 0.124. The van der Waals surface area contributed by atoms with Crippen LogP contribution < -0.4 is 0 Å². The number of hydrogen-bond donors (Lipinski definition) is 1. The molecule has 0 bridgehead atoms. The Morgan fingerprint density at radius 3 is 2.92 bits per heavy atom. The summed E-state index contributed by atoms with van der Waals surface area (Å²) in [5, 5.41) is 9.37. The summed E-state index contributed by atoms with van der Waals surface area (Å²) < 4.78 is 4.86. The van der Waals surface area contributed by atoms with Gasteiger partial charge in [0.1, 0.15) is 0 Å². The van der Waals surface area contributed by atoms with Crippen LogP contribution in [0.2, 0.25) is 0 Å². The molecule has 0 aromatic heterocycles. The second-order valence-corrected chi connectivity index (χ2v) is 3.70. The molecule has 1 aliphatic carbocycles. The Morgan fingerprint density at radius 2 is 2.31 bits per heavy atom. The highest BCUT2D eigenvalue weighted by Gasteiger charge is 2.22. The molecular formula is C10H18O3. The largest absolute Gasteiger partial charge is 0.466 e. The molecule has 76 valence electrons. The molecule has 0 amide bonds. The third kappa shape index (κ3) is 3.77. The lowest BCUT2D eigenvalue weighted by Crippen LogP contribution is -2.22. The molecule has 3 heteroatoms. The molecule has 0 heterocycles. The molecule has 0 spiro atoms. The highest BCUT2D eigenvalue weighted by Crippen LogP contribution is 2.26. The average Bonchev–Trinajstić information content (AvgIpc) is 2.04. The van der Waals surface area contributed by atoms with Crippen LogP contribution in [0.3, 0.4) is 0 Å². The summed E-state index contributed by atoms with van der Waals surface area (Å²) in [6.07, 6.45) is 4.01. The lowest BCUT2D eigenvalue weighted by molar-refractivity contribution is -0.144. The molecule has 1 fully saturated rings. The summed E-state index contributed by atoms with van der Waals surface area (Å²) in [5.74, 6) is 0.212. The molecule has 1 saturated carbocycles. The Balaban J connectivity index is 2.23.